The number of hydrogen-bond acceptors (Lipinski definition) is 5. The number of ether oxygens (including phenoxy) is 1. The first-order chi connectivity index (χ1) is 15.3. The van der Waals surface area contributed by atoms with Gasteiger partial charge in [0.2, 0.25) is 10.0 Å². The van der Waals surface area contributed by atoms with E-state index >= 15 is 0 Å². The first-order valence-electron chi connectivity index (χ1n) is 11.5. The van der Waals surface area contributed by atoms with Gasteiger partial charge in [-0.2, -0.15) is 0 Å². The van der Waals surface area contributed by atoms with Crippen LogP contribution in [0.1, 0.15) is 48.9 Å². The van der Waals surface area contributed by atoms with E-state index in [1.54, 1.807) is 20.2 Å². The second kappa shape index (κ2) is 9.41. The summed E-state index contributed by atoms with van der Waals surface area (Å²) >= 11 is 0. The lowest BCUT2D eigenvalue weighted by molar-refractivity contribution is 0.0626. The Morgan fingerprint density at radius 2 is 1.84 bits per heavy atom. The van der Waals surface area contributed by atoms with Crippen molar-refractivity contribution < 1.29 is 13.2 Å². The normalized spacial score (nSPS) is 26.8. The van der Waals surface area contributed by atoms with Gasteiger partial charge in [0.15, 0.2) is 0 Å². The SMILES string of the molecule is COc1ccc(N(C)S(C)(=O)=O)cc1C(N)C1C(c2ccccc2)NCC2CCCCC21. The number of hydrogen-bond donors (Lipinski definition) is 2. The van der Waals surface area contributed by atoms with Crippen molar-refractivity contribution in [3.63, 3.8) is 0 Å². The highest BCUT2D eigenvalue weighted by atomic mass is 32.2. The van der Waals surface area contributed by atoms with E-state index in [0.29, 0.717) is 23.3 Å². The van der Waals surface area contributed by atoms with Crippen molar-refractivity contribution in [3.05, 3.63) is 59.7 Å². The summed E-state index contributed by atoms with van der Waals surface area (Å²) < 4.78 is 31.3. The van der Waals surface area contributed by atoms with E-state index in [-0.39, 0.29) is 18.0 Å². The minimum atomic E-state index is -3.38. The van der Waals surface area contributed by atoms with E-state index in [1.165, 1.54) is 41.8 Å². The predicted molar refractivity (Wildman–Crippen MR) is 129 cm³/mol. The molecule has 174 valence electrons. The molecule has 5 atom stereocenters. The Morgan fingerprint density at radius 1 is 1.12 bits per heavy atom. The molecular formula is C25H35N3O3S. The molecule has 0 aromatic heterocycles. The molecule has 0 bridgehead atoms. The summed E-state index contributed by atoms with van der Waals surface area (Å²) in [6.45, 7) is 1.02. The number of benzene rings is 2. The van der Waals surface area contributed by atoms with Crippen molar-refractivity contribution in [1.29, 1.82) is 0 Å². The van der Waals surface area contributed by atoms with Gasteiger partial charge in [0.25, 0.3) is 0 Å². The number of methoxy groups -OCH3 is 1. The van der Waals surface area contributed by atoms with Crippen molar-refractivity contribution in [2.75, 3.05) is 31.3 Å². The highest BCUT2D eigenvalue weighted by Crippen LogP contribution is 2.49. The number of nitrogens with zero attached hydrogens (tertiary/aromatic N) is 1. The molecular weight excluding hydrogens is 422 g/mol. The number of anilines is 1. The molecule has 3 N–H and O–H groups in total. The molecule has 1 aliphatic carbocycles. The monoisotopic (exact) mass is 457 g/mol. The van der Waals surface area contributed by atoms with Gasteiger partial charge in [0, 0.05) is 30.6 Å². The second-order valence-corrected chi connectivity index (χ2v) is 11.3. The summed E-state index contributed by atoms with van der Waals surface area (Å²) in [5.41, 5.74) is 9.78. The van der Waals surface area contributed by atoms with E-state index in [1.807, 2.05) is 18.2 Å². The highest BCUT2D eigenvalue weighted by molar-refractivity contribution is 7.92. The van der Waals surface area contributed by atoms with Gasteiger partial charge in [-0.15, -0.1) is 0 Å². The van der Waals surface area contributed by atoms with Crippen molar-refractivity contribution in [2.45, 2.75) is 37.8 Å². The van der Waals surface area contributed by atoms with Crippen LogP contribution in [0.25, 0.3) is 0 Å². The van der Waals surface area contributed by atoms with E-state index in [9.17, 15) is 8.42 Å². The minimum absolute atomic E-state index is 0.145. The first kappa shape index (κ1) is 23.1. The van der Waals surface area contributed by atoms with Crippen LogP contribution in [0.15, 0.2) is 48.5 Å². The fourth-order valence-corrected chi connectivity index (χ4v) is 6.21. The molecule has 32 heavy (non-hydrogen) atoms. The van der Waals surface area contributed by atoms with Crippen LogP contribution >= 0.6 is 0 Å². The van der Waals surface area contributed by atoms with Gasteiger partial charge in [-0.1, -0.05) is 43.2 Å². The Balaban J connectivity index is 1.77. The average Bonchev–Trinajstić information content (AvgIpc) is 2.82. The summed E-state index contributed by atoms with van der Waals surface area (Å²) in [7, 11) is -0.167. The molecule has 1 heterocycles. The minimum Gasteiger partial charge on any atom is -0.496 e. The average molecular weight is 458 g/mol. The molecule has 0 radical (unpaired) electrons. The molecule has 2 aromatic rings. The molecule has 0 amide bonds. The zero-order chi connectivity index (χ0) is 22.9. The smallest absolute Gasteiger partial charge is 0.231 e. The second-order valence-electron chi connectivity index (χ2n) is 9.26. The van der Waals surface area contributed by atoms with E-state index in [0.717, 1.165) is 12.1 Å². The third-order valence-electron chi connectivity index (χ3n) is 7.45. The molecule has 6 nitrogen and oxygen atoms in total. The maximum atomic E-state index is 12.1. The first-order valence-corrected chi connectivity index (χ1v) is 13.3. The quantitative estimate of drug-likeness (QED) is 0.688. The third-order valence-corrected chi connectivity index (χ3v) is 8.66. The number of sulfonamides is 1. The van der Waals surface area contributed by atoms with Gasteiger partial charge in [0.05, 0.1) is 19.1 Å². The lowest BCUT2D eigenvalue weighted by Crippen LogP contribution is -2.50. The maximum absolute atomic E-state index is 12.1. The van der Waals surface area contributed by atoms with E-state index in [4.69, 9.17) is 10.5 Å². The number of fused-ring (bicyclic) bond motifs is 1. The standard InChI is InChI=1S/C25H35N3O3S/c1-28(32(3,29)30)19-13-14-22(31-2)21(15-19)24(26)23-20-12-8-7-11-18(20)16-27-25(23)17-9-5-4-6-10-17/h4-6,9-10,13-15,18,20,23-25,27H,7-8,11-12,16,26H2,1-3H3. The van der Waals surface area contributed by atoms with Crippen LogP contribution in [-0.2, 0) is 10.0 Å². The predicted octanol–water partition coefficient (Wildman–Crippen LogP) is 3.86. The highest BCUT2D eigenvalue weighted by Gasteiger charge is 2.44. The van der Waals surface area contributed by atoms with Crippen molar-refractivity contribution in [2.24, 2.45) is 23.5 Å². The summed E-state index contributed by atoms with van der Waals surface area (Å²) in [5, 5.41) is 3.81. The largest absolute Gasteiger partial charge is 0.496 e. The van der Waals surface area contributed by atoms with Gasteiger partial charge < -0.3 is 15.8 Å². The molecule has 2 aromatic carbocycles. The van der Waals surface area contributed by atoms with Crippen LogP contribution in [0, 0.1) is 17.8 Å². The molecule has 2 aliphatic rings. The molecule has 2 fully saturated rings. The lowest BCUT2D eigenvalue weighted by atomic mass is 9.63. The Morgan fingerprint density at radius 3 is 2.53 bits per heavy atom. The molecule has 1 saturated heterocycles. The van der Waals surface area contributed by atoms with Crippen LogP contribution in [0.5, 0.6) is 5.75 Å². The fourth-order valence-electron chi connectivity index (χ4n) is 5.71. The Kier molecular flexibility index (Phi) is 6.79. The molecule has 0 spiro atoms. The molecule has 1 saturated carbocycles. The molecule has 5 unspecified atom stereocenters. The van der Waals surface area contributed by atoms with Crippen LogP contribution < -0.4 is 20.1 Å². The van der Waals surface area contributed by atoms with Crippen molar-refractivity contribution in [1.82, 2.24) is 5.32 Å². The summed E-state index contributed by atoms with van der Waals surface area (Å²) in [6.07, 6.45) is 6.13. The van der Waals surface area contributed by atoms with E-state index in [2.05, 4.69) is 29.6 Å². The van der Waals surface area contributed by atoms with Gasteiger partial charge >= 0.3 is 0 Å². The zero-order valence-corrected chi connectivity index (χ0v) is 20.0. The third kappa shape index (κ3) is 4.51. The van der Waals surface area contributed by atoms with Gasteiger partial charge in [-0.05, 0) is 55.0 Å². The lowest BCUT2D eigenvalue weighted by Gasteiger charge is -2.49. The Hall–Kier alpha value is -2.09. The molecule has 7 heteroatoms. The molecule has 4 rings (SSSR count). The topological polar surface area (TPSA) is 84.7 Å². The van der Waals surface area contributed by atoms with E-state index < -0.39 is 10.0 Å². The van der Waals surface area contributed by atoms with Gasteiger partial charge in [-0.25, -0.2) is 8.42 Å². The van der Waals surface area contributed by atoms with Crippen molar-refractivity contribution in [3.8, 4) is 5.75 Å². The Labute approximate surface area is 192 Å². The number of piperidine rings is 1. The van der Waals surface area contributed by atoms with Crippen LogP contribution in [0.4, 0.5) is 5.69 Å². The van der Waals surface area contributed by atoms with Gasteiger partial charge in [-0.3, -0.25) is 4.31 Å². The van der Waals surface area contributed by atoms with Crippen molar-refractivity contribution >= 4 is 15.7 Å². The summed E-state index contributed by atoms with van der Waals surface area (Å²) in [6, 6.07) is 15.9. The zero-order valence-electron chi connectivity index (χ0n) is 19.2. The number of nitrogens with two attached hydrogens (primary N) is 1. The molecule has 1 aliphatic heterocycles. The van der Waals surface area contributed by atoms with Gasteiger partial charge in [0.1, 0.15) is 5.75 Å². The summed E-state index contributed by atoms with van der Waals surface area (Å²) in [4.78, 5) is 0. The van der Waals surface area contributed by atoms with Crippen LogP contribution in [0.2, 0.25) is 0 Å². The number of nitrogens with one attached hydrogen (secondary N) is 1. The van der Waals surface area contributed by atoms with Crippen LogP contribution in [-0.4, -0.2) is 35.4 Å². The number of rotatable bonds is 6. The summed E-state index contributed by atoms with van der Waals surface area (Å²) in [5.74, 6) is 2.02. The van der Waals surface area contributed by atoms with Crippen LogP contribution in [0.3, 0.4) is 0 Å². The Bertz CT molecular complexity index is 1030. The fraction of sp³-hybridized carbons (Fsp3) is 0.520. The maximum Gasteiger partial charge on any atom is 0.231 e.